The number of carbonyl (C=O) groups is 2. The molecule has 1 atom stereocenters. The van der Waals surface area contributed by atoms with Gasteiger partial charge in [0.25, 0.3) is 5.92 Å². The highest BCUT2D eigenvalue weighted by atomic mass is 19.3. The first kappa shape index (κ1) is 15.2. The Morgan fingerprint density at radius 2 is 2.00 bits per heavy atom. The van der Waals surface area contributed by atoms with Gasteiger partial charge in [0.2, 0.25) is 0 Å². The maximum atomic E-state index is 13.4. The average molecular weight is 299 g/mol. The lowest BCUT2D eigenvalue weighted by atomic mass is 10.00. The monoisotopic (exact) mass is 299 g/mol. The number of piperidine rings is 1. The smallest absolute Gasteiger partial charge is 0.411 e. The molecule has 114 valence electrons. The highest BCUT2D eigenvalue weighted by Gasteiger charge is 2.45. The summed E-state index contributed by atoms with van der Waals surface area (Å²) in [6, 6.07) is 7.44. The van der Waals surface area contributed by atoms with Crippen LogP contribution in [0, 0.1) is 0 Å². The summed E-state index contributed by atoms with van der Waals surface area (Å²) in [5.74, 6) is -4.39. The Bertz CT molecular complexity index is 521. The molecular formula is C14H15F2NO4. The topological polar surface area (TPSA) is 66.8 Å². The van der Waals surface area contributed by atoms with Gasteiger partial charge in [-0.3, -0.25) is 4.90 Å². The van der Waals surface area contributed by atoms with Crippen molar-refractivity contribution in [2.24, 2.45) is 0 Å². The van der Waals surface area contributed by atoms with E-state index in [1.807, 2.05) is 0 Å². The highest BCUT2D eigenvalue weighted by Crippen LogP contribution is 2.30. The Morgan fingerprint density at radius 3 is 2.62 bits per heavy atom. The van der Waals surface area contributed by atoms with Crippen LogP contribution < -0.4 is 0 Å². The quantitative estimate of drug-likeness (QED) is 0.931. The third-order valence-corrected chi connectivity index (χ3v) is 3.29. The number of hydrogen-bond donors (Lipinski definition) is 1. The highest BCUT2D eigenvalue weighted by molar-refractivity contribution is 5.80. The van der Waals surface area contributed by atoms with Gasteiger partial charge in [-0.15, -0.1) is 0 Å². The number of likely N-dealkylation sites (tertiary alicyclic amines) is 1. The summed E-state index contributed by atoms with van der Waals surface area (Å²) in [7, 11) is 0. The molecule has 7 heteroatoms. The van der Waals surface area contributed by atoms with Gasteiger partial charge in [-0.1, -0.05) is 30.3 Å². The van der Waals surface area contributed by atoms with Crippen molar-refractivity contribution in [3.63, 3.8) is 0 Å². The zero-order valence-corrected chi connectivity index (χ0v) is 11.2. The molecule has 0 unspecified atom stereocenters. The molecule has 1 aliphatic rings. The lowest BCUT2D eigenvalue weighted by Gasteiger charge is -2.36. The standard InChI is InChI=1S/C14H15F2NO4/c15-14(16)7-6-11(12(18)19)17(9-14)13(20)21-8-10-4-2-1-3-5-10/h1-5,11H,6-9H2,(H,18,19)/t11-/m1/s1. The summed E-state index contributed by atoms with van der Waals surface area (Å²) < 4.78 is 31.7. The summed E-state index contributed by atoms with van der Waals surface area (Å²) >= 11 is 0. The summed E-state index contributed by atoms with van der Waals surface area (Å²) in [6.45, 7) is -1.02. The minimum atomic E-state index is -3.09. The van der Waals surface area contributed by atoms with Crippen molar-refractivity contribution in [1.82, 2.24) is 4.90 Å². The van der Waals surface area contributed by atoms with E-state index < -0.39 is 37.0 Å². The fourth-order valence-corrected chi connectivity index (χ4v) is 2.19. The van der Waals surface area contributed by atoms with Crippen molar-refractivity contribution < 1.29 is 28.2 Å². The minimum absolute atomic E-state index is 0.0892. The molecule has 0 aromatic heterocycles. The van der Waals surface area contributed by atoms with E-state index in [0.29, 0.717) is 10.5 Å². The zero-order chi connectivity index (χ0) is 15.5. The van der Waals surface area contributed by atoms with Gasteiger partial charge in [-0.25, -0.2) is 18.4 Å². The van der Waals surface area contributed by atoms with Crippen LogP contribution in [0.4, 0.5) is 13.6 Å². The third kappa shape index (κ3) is 3.90. The lowest BCUT2D eigenvalue weighted by molar-refractivity contribution is -0.150. The van der Waals surface area contributed by atoms with Crippen LogP contribution in [0.25, 0.3) is 0 Å². The summed E-state index contributed by atoms with van der Waals surface area (Å²) in [5, 5.41) is 9.02. The van der Waals surface area contributed by atoms with Crippen molar-refractivity contribution in [2.45, 2.75) is 31.4 Å². The molecule has 1 fully saturated rings. The van der Waals surface area contributed by atoms with Gasteiger partial charge >= 0.3 is 12.1 Å². The number of rotatable bonds is 3. The van der Waals surface area contributed by atoms with E-state index in [9.17, 15) is 18.4 Å². The fraction of sp³-hybridized carbons (Fsp3) is 0.429. The lowest BCUT2D eigenvalue weighted by Crippen LogP contribution is -2.54. The molecule has 0 spiro atoms. The number of hydrogen-bond acceptors (Lipinski definition) is 3. The van der Waals surface area contributed by atoms with Gasteiger partial charge in [0.1, 0.15) is 12.6 Å². The molecule has 21 heavy (non-hydrogen) atoms. The first-order valence-corrected chi connectivity index (χ1v) is 6.47. The number of halogens is 2. The van der Waals surface area contributed by atoms with Crippen LogP contribution in [0.1, 0.15) is 18.4 Å². The molecule has 1 N–H and O–H groups in total. The number of nitrogens with zero attached hydrogens (tertiary/aromatic N) is 1. The second-order valence-electron chi connectivity index (χ2n) is 4.92. The number of ether oxygens (including phenoxy) is 1. The number of carboxylic acid groups (broad SMARTS) is 1. The number of amides is 1. The second kappa shape index (κ2) is 6.07. The zero-order valence-electron chi connectivity index (χ0n) is 11.2. The van der Waals surface area contributed by atoms with Crippen LogP contribution in [0.5, 0.6) is 0 Å². The van der Waals surface area contributed by atoms with Gasteiger partial charge in [0.15, 0.2) is 0 Å². The van der Waals surface area contributed by atoms with Gasteiger partial charge in [0, 0.05) is 6.42 Å². The van der Waals surface area contributed by atoms with Crippen LogP contribution in [0.3, 0.4) is 0 Å². The van der Waals surface area contributed by atoms with E-state index in [2.05, 4.69) is 0 Å². The van der Waals surface area contributed by atoms with Crippen molar-refractivity contribution in [2.75, 3.05) is 6.54 Å². The number of benzene rings is 1. The second-order valence-corrected chi connectivity index (χ2v) is 4.92. The molecule has 1 saturated heterocycles. The van der Waals surface area contributed by atoms with Crippen LogP contribution in [-0.2, 0) is 16.1 Å². The van der Waals surface area contributed by atoms with Crippen LogP contribution in [0.15, 0.2) is 30.3 Å². The number of alkyl halides is 2. The summed E-state index contributed by atoms with van der Waals surface area (Å²) in [6.07, 6.45) is -1.87. The van der Waals surface area contributed by atoms with Gasteiger partial charge < -0.3 is 9.84 Å². The Labute approximate surface area is 120 Å². The average Bonchev–Trinajstić information content (AvgIpc) is 2.44. The normalized spacial score (nSPS) is 20.9. The molecule has 0 saturated carbocycles. The molecule has 0 radical (unpaired) electrons. The van der Waals surface area contributed by atoms with Gasteiger partial charge in [-0.2, -0.15) is 0 Å². The molecule has 1 amide bonds. The van der Waals surface area contributed by atoms with Crippen molar-refractivity contribution in [3.8, 4) is 0 Å². The molecule has 1 aliphatic heterocycles. The van der Waals surface area contributed by atoms with Gasteiger partial charge in [0.05, 0.1) is 6.54 Å². The predicted octanol–water partition coefficient (Wildman–Crippen LogP) is 2.51. The summed E-state index contributed by atoms with van der Waals surface area (Å²) in [4.78, 5) is 23.5. The van der Waals surface area contributed by atoms with E-state index in [1.54, 1.807) is 30.3 Å². The molecular weight excluding hydrogens is 284 g/mol. The van der Waals surface area contributed by atoms with E-state index in [4.69, 9.17) is 9.84 Å². The Hall–Kier alpha value is -2.18. The molecule has 1 aromatic rings. The number of aliphatic carboxylic acids is 1. The number of carbonyl (C=O) groups excluding carboxylic acids is 1. The fourth-order valence-electron chi connectivity index (χ4n) is 2.19. The largest absolute Gasteiger partial charge is 0.480 e. The maximum absolute atomic E-state index is 13.4. The molecule has 5 nitrogen and oxygen atoms in total. The first-order valence-electron chi connectivity index (χ1n) is 6.47. The molecule has 0 bridgehead atoms. The van der Waals surface area contributed by atoms with Crippen LogP contribution >= 0.6 is 0 Å². The SMILES string of the molecule is O=C(O)[C@H]1CCC(F)(F)CN1C(=O)OCc1ccccc1. The van der Waals surface area contributed by atoms with E-state index in [1.165, 1.54) is 0 Å². The third-order valence-electron chi connectivity index (χ3n) is 3.29. The van der Waals surface area contributed by atoms with Crippen LogP contribution in [-0.4, -0.2) is 40.6 Å². The van der Waals surface area contributed by atoms with Crippen LogP contribution in [0.2, 0.25) is 0 Å². The summed E-state index contributed by atoms with van der Waals surface area (Å²) in [5.41, 5.74) is 0.696. The van der Waals surface area contributed by atoms with E-state index in [0.717, 1.165) is 0 Å². The Kier molecular flexibility index (Phi) is 4.40. The first-order chi connectivity index (χ1) is 9.89. The molecule has 2 rings (SSSR count). The maximum Gasteiger partial charge on any atom is 0.411 e. The Balaban J connectivity index is 2.02. The van der Waals surface area contributed by atoms with E-state index >= 15 is 0 Å². The van der Waals surface area contributed by atoms with Crippen molar-refractivity contribution in [3.05, 3.63) is 35.9 Å². The number of carboxylic acids is 1. The van der Waals surface area contributed by atoms with E-state index in [-0.39, 0.29) is 13.0 Å². The van der Waals surface area contributed by atoms with Crippen molar-refractivity contribution >= 4 is 12.1 Å². The minimum Gasteiger partial charge on any atom is -0.480 e. The molecule has 1 heterocycles. The molecule has 0 aliphatic carbocycles. The molecule has 1 aromatic carbocycles. The van der Waals surface area contributed by atoms with Crippen molar-refractivity contribution in [1.29, 1.82) is 0 Å². The Morgan fingerprint density at radius 1 is 1.33 bits per heavy atom. The van der Waals surface area contributed by atoms with Gasteiger partial charge in [-0.05, 0) is 12.0 Å². The predicted molar refractivity (Wildman–Crippen MR) is 68.9 cm³/mol.